The molecule has 2 fully saturated rings. The molecule has 2 aliphatic rings. The predicted octanol–water partition coefficient (Wildman–Crippen LogP) is 2.17. The summed E-state index contributed by atoms with van der Waals surface area (Å²) >= 11 is 0. The number of carbonyl (C=O) groups is 2. The molecule has 0 radical (unpaired) electrons. The SMILES string of the molecule is COc1ccc(CN2C(=O)C[C@H]3CCC(=O)C[C@@H]32)c(OC)c1. The summed E-state index contributed by atoms with van der Waals surface area (Å²) in [6.45, 7) is 0.487. The number of amides is 1. The van der Waals surface area contributed by atoms with E-state index < -0.39 is 0 Å². The quantitative estimate of drug-likeness (QED) is 0.855. The van der Waals surface area contributed by atoms with E-state index in [0.717, 1.165) is 17.7 Å². The average molecular weight is 303 g/mol. The molecule has 5 nitrogen and oxygen atoms in total. The van der Waals surface area contributed by atoms with Gasteiger partial charge in [-0.25, -0.2) is 0 Å². The molecule has 1 aliphatic carbocycles. The third-order valence-electron chi connectivity index (χ3n) is 4.77. The summed E-state index contributed by atoms with van der Waals surface area (Å²) in [5.41, 5.74) is 0.940. The van der Waals surface area contributed by atoms with Gasteiger partial charge in [0.2, 0.25) is 5.91 Å². The van der Waals surface area contributed by atoms with Gasteiger partial charge in [-0.1, -0.05) is 0 Å². The third kappa shape index (κ3) is 2.67. The minimum absolute atomic E-state index is 0.0561. The van der Waals surface area contributed by atoms with Gasteiger partial charge in [-0.3, -0.25) is 9.59 Å². The zero-order valence-corrected chi connectivity index (χ0v) is 13.0. The Morgan fingerprint density at radius 1 is 1.18 bits per heavy atom. The molecule has 1 saturated carbocycles. The van der Waals surface area contributed by atoms with Crippen LogP contribution < -0.4 is 9.47 Å². The van der Waals surface area contributed by atoms with E-state index in [0.29, 0.717) is 37.5 Å². The molecule has 0 bridgehead atoms. The molecule has 1 saturated heterocycles. The monoisotopic (exact) mass is 303 g/mol. The van der Waals surface area contributed by atoms with Crippen LogP contribution in [0.4, 0.5) is 0 Å². The van der Waals surface area contributed by atoms with Crippen LogP contribution in [0.25, 0.3) is 0 Å². The molecule has 2 atom stereocenters. The number of carbonyl (C=O) groups excluding carboxylic acids is 2. The van der Waals surface area contributed by atoms with Crippen molar-refractivity contribution in [3.05, 3.63) is 23.8 Å². The van der Waals surface area contributed by atoms with E-state index in [2.05, 4.69) is 0 Å². The second-order valence-corrected chi connectivity index (χ2v) is 6.01. The average Bonchev–Trinajstić information content (AvgIpc) is 2.83. The number of likely N-dealkylation sites (tertiary alicyclic amines) is 1. The van der Waals surface area contributed by atoms with E-state index >= 15 is 0 Å². The minimum atomic E-state index is 0.0561. The number of ether oxygens (including phenoxy) is 2. The van der Waals surface area contributed by atoms with Crippen molar-refractivity contribution in [2.75, 3.05) is 14.2 Å². The van der Waals surface area contributed by atoms with Crippen LogP contribution in [0.3, 0.4) is 0 Å². The second kappa shape index (κ2) is 5.99. The van der Waals surface area contributed by atoms with Crippen molar-refractivity contribution in [1.82, 2.24) is 4.90 Å². The van der Waals surface area contributed by atoms with Crippen LogP contribution in [0.15, 0.2) is 18.2 Å². The number of methoxy groups -OCH3 is 2. The molecule has 1 aromatic carbocycles. The van der Waals surface area contributed by atoms with E-state index in [-0.39, 0.29) is 17.7 Å². The molecule has 1 amide bonds. The van der Waals surface area contributed by atoms with Crippen molar-refractivity contribution in [2.24, 2.45) is 5.92 Å². The van der Waals surface area contributed by atoms with Gasteiger partial charge in [0.05, 0.1) is 14.2 Å². The van der Waals surface area contributed by atoms with Crippen LogP contribution in [-0.4, -0.2) is 36.9 Å². The Kier molecular flexibility index (Phi) is 4.05. The fourth-order valence-corrected chi connectivity index (χ4v) is 3.54. The first-order chi connectivity index (χ1) is 10.6. The molecule has 5 heteroatoms. The van der Waals surface area contributed by atoms with Crippen molar-refractivity contribution in [3.8, 4) is 11.5 Å². The first kappa shape index (κ1) is 14.9. The molecule has 0 aromatic heterocycles. The summed E-state index contributed by atoms with van der Waals surface area (Å²) in [5.74, 6) is 2.16. The molecule has 1 heterocycles. The molecule has 0 unspecified atom stereocenters. The van der Waals surface area contributed by atoms with Gasteiger partial charge in [0.25, 0.3) is 0 Å². The highest BCUT2D eigenvalue weighted by Gasteiger charge is 2.43. The summed E-state index contributed by atoms with van der Waals surface area (Å²) in [5, 5.41) is 0. The van der Waals surface area contributed by atoms with E-state index in [1.165, 1.54) is 0 Å². The van der Waals surface area contributed by atoms with Gasteiger partial charge >= 0.3 is 0 Å². The lowest BCUT2D eigenvalue weighted by Crippen LogP contribution is -2.38. The van der Waals surface area contributed by atoms with Gasteiger partial charge < -0.3 is 14.4 Å². The Labute approximate surface area is 130 Å². The largest absolute Gasteiger partial charge is 0.497 e. The van der Waals surface area contributed by atoms with Crippen LogP contribution in [0.5, 0.6) is 11.5 Å². The lowest BCUT2D eigenvalue weighted by Gasteiger charge is -2.31. The minimum Gasteiger partial charge on any atom is -0.497 e. The van der Waals surface area contributed by atoms with Gasteiger partial charge in [-0.05, 0) is 24.5 Å². The highest BCUT2D eigenvalue weighted by Crippen LogP contribution is 2.37. The molecule has 22 heavy (non-hydrogen) atoms. The molecule has 118 valence electrons. The maximum absolute atomic E-state index is 12.3. The number of hydrogen-bond acceptors (Lipinski definition) is 4. The first-order valence-electron chi connectivity index (χ1n) is 7.64. The Balaban J connectivity index is 1.82. The van der Waals surface area contributed by atoms with Crippen LogP contribution in [0.2, 0.25) is 0 Å². The fraction of sp³-hybridized carbons (Fsp3) is 0.529. The standard InChI is InChI=1S/C17H21NO4/c1-21-14-6-4-12(16(9-14)22-2)10-18-15-8-13(19)5-3-11(15)7-17(18)20/h4,6,9,11,15H,3,5,7-8,10H2,1-2H3/t11-,15+/m1/s1. The van der Waals surface area contributed by atoms with Crippen molar-refractivity contribution in [1.29, 1.82) is 0 Å². The molecule has 3 rings (SSSR count). The van der Waals surface area contributed by atoms with Gasteiger partial charge in [0.1, 0.15) is 17.3 Å². The molecule has 1 aromatic rings. The van der Waals surface area contributed by atoms with E-state index in [9.17, 15) is 9.59 Å². The zero-order valence-electron chi connectivity index (χ0n) is 13.0. The number of ketones is 1. The van der Waals surface area contributed by atoms with Gasteiger partial charge in [-0.15, -0.1) is 0 Å². The van der Waals surface area contributed by atoms with Crippen molar-refractivity contribution in [3.63, 3.8) is 0 Å². The highest BCUT2D eigenvalue weighted by atomic mass is 16.5. The van der Waals surface area contributed by atoms with Gasteiger partial charge in [0, 0.05) is 43.5 Å². The highest BCUT2D eigenvalue weighted by molar-refractivity contribution is 5.85. The van der Waals surface area contributed by atoms with Crippen LogP contribution in [0.1, 0.15) is 31.2 Å². The number of benzene rings is 1. The fourth-order valence-electron chi connectivity index (χ4n) is 3.54. The second-order valence-electron chi connectivity index (χ2n) is 6.01. The Morgan fingerprint density at radius 2 is 2.00 bits per heavy atom. The first-order valence-corrected chi connectivity index (χ1v) is 7.64. The lowest BCUT2D eigenvalue weighted by atomic mass is 9.84. The van der Waals surface area contributed by atoms with Crippen molar-refractivity contribution in [2.45, 2.75) is 38.3 Å². The van der Waals surface area contributed by atoms with E-state index in [4.69, 9.17) is 9.47 Å². The summed E-state index contributed by atoms with van der Waals surface area (Å²) in [6.07, 6.45) is 2.52. The summed E-state index contributed by atoms with van der Waals surface area (Å²) in [4.78, 5) is 25.9. The number of hydrogen-bond donors (Lipinski definition) is 0. The molecular formula is C17H21NO4. The number of Topliss-reactive ketones (excluding diaryl/α,β-unsaturated/α-hetero) is 1. The molecule has 1 aliphatic heterocycles. The molecular weight excluding hydrogens is 282 g/mol. The maximum Gasteiger partial charge on any atom is 0.223 e. The lowest BCUT2D eigenvalue weighted by molar-refractivity contribution is -0.130. The van der Waals surface area contributed by atoms with E-state index in [1.54, 1.807) is 14.2 Å². The molecule has 0 N–H and O–H groups in total. The number of nitrogens with zero attached hydrogens (tertiary/aromatic N) is 1. The Bertz CT molecular complexity index is 598. The number of rotatable bonds is 4. The molecule has 0 spiro atoms. The van der Waals surface area contributed by atoms with Crippen LogP contribution in [-0.2, 0) is 16.1 Å². The maximum atomic E-state index is 12.3. The number of fused-ring (bicyclic) bond motifs is 1. The Hall–Kier alpha value is -2.04. The summed E-state index contributed by atoms with van der Waals surface area (Å²) in [7, 11) is 3.22. The zero-order chi connectivity index (χ0) is 15.7. The van der Waals surface area contributed by atoms with Gasteiger partial charge in [-0.2, -0.15) is 0 Å². The third-order valence-corrected chi connectivity index (χ3v) is 4.77. The van der Waals surface area contributed by atoms with Crippen molar-refractivity contribution >= 4 is 11.7 Å². The smallest absolute Gasteiger partial charge is 0.223 e. The van der Waals surface area contributed by atoms with Crippen molar-refractivity contribution < 1.29 is 19.1 Å². The summed E-state index contributed by atoms with van der Waals surface area (Å²) in [6, 6.07) is 5.66. The van der Waals surface area contributed by atoms with Gasteiger partial charge in [0.15, 0.2) is 0 Å². The topological polar surface area (TPSA) is 55.8 Å². The van der Waals surface area contributed by atoms with Crippen LogP contribution in [0, 0.1) is 5.92 Å². The predicted molar refractivity (Wildman–Crippen MR) is 80.8 cm³/mol. The summed E-state index contributed by atoms with van der Waals surface area (Å²) < 4.78 is 10.6. The van der Waals surface area contributed by atoms with Crippen LogP contribution >= 0.6 is 0 Å². The normalized spacial score (nSPS) is 24.4. The van der Waals surface area contributed by atoms with E-state index in [1.807, 2.05) is 23.1 Å². The Morgan fingerprint density at radius 3 is 2.73 bits per heavy atom.